The number of hydrogen-bond acceptors (Lipinski definition) is 3. The van der Waals surface area contributed by atoms with Crippen LogP contribution in [-0.4, -0.2) is 37.7 Å². The second kappa shape index (κ2) is 5.83. The number of likely N-dealkylation sites (N-methyl/N-ethyl adjacent to an activating group) is 1. The molecule has 0 radical (unpaired) electrons. The van der Waals surface area contributed by atoms with Crippen LogP contribution in [-0.2, 0) is 4.74 Å². The van der Waals surface area contributed by atoms with Crippen LogP contribution in [0.3, 0.4) is 0 Å². The topological polar surface area (TPSA) is 38.5 Å². The fraction of sp³-hybridized carbons (Fsp3) is 0.600. The van der Waals surface area contributed by atoms with E-state index in [1.54, 1.807) is 0 Å². The summed E-state index contributed by atoms with van der Waals surface area (Å²) >= 11 is 0. The van der Waals surface area contributed by atoms with E-state index >= 15 is 0 Å². The van der Waals surface area contributed by atoms with Crippen molar-refractivity contribution in [2.75, 3.05) is 26.8 Å². The molecule has 1 saturated heterocycles. The summed E-state index contributed by atoms with van der Waals surface area (Å²) in [6.45, 7) is 6.86. The molecule has 0 bridgehead atoms. The van der Waals surface area contributed by atoms with Gasteiger partial charge in [0.05, 0.1) is 6.61 Å². The van der Waals surface area contributed by atoms with E-state index in [1.165, 1.54) is 16.7 Å². The SMILES string of the molecule is Cc1ccc(C)c(C(N)CN(C)C2CCOC2)c1. The van der Waals surface area contributed by atoms with Crippen molar-refractivity contribution in [3.05, 3.63) is 34.9 Å². The van der Waals surface area contributed by atoms with Gasteiger partial charge in [0.25, 0.3) is 0 Å². The Morgan fingerprint density at radius 2 is 2.22 bits per heavy atom. The zero-order valence-corrected chi connectivity index (χ0v) is 11.6. The minimum Gasteiger partial charge on any atom is -0.380 e. The number of rotatable bonds is 4. The van der Waals surface area contributed by atoms with Gasteiger partial charge in [0.15, 0.2) is 0 Å². The number of nitrogens with zero attached hydrogens (tertiary/aromatic N) is 1. The summed E-state index contributed by atoms with van der Waals surface area (Å²) in [5.41, 5.74) is 10.2. The Bertz CT molecular complexity index is 399. The number of nitrogens with two attached hydrogens (primary N) is 1. The van der Waals surface area contributed by atoms with Crippen molar-refractivity contribution >= 4 is 0 Å². The van der Waals surface area contributed by atoms with Crippen LogP contribution in [0.25, 0.3) is 0 Å². The molecule has 1 aliphatic heterocycles. The van der Waals surface area contributed by atoms with Crippen LogP contribution in [0, 0.1) is 13.8 Å². The molecule has 0 amide bonds. The van der Waals surface area contributed by atoms with Gasteiger partial charge in [-0.15, -0.1) is 0 Å². The summed E-state index contributed by atoms with van der Waals surface area (Å²) in [5, 5.41) is 0. The number of hydrogen-bond donors (Lipinski definition) is 1. The summed E-state index contributed by atoms with van der Waals surface area (Å²) in [5.74, 6) is 0. The number of ether oxygens (including phenoxy) is 1. The fourth-order valence-electron chi connectivity index (χ4n) is 2.59. The molecule has 1 aromatic carbocycles. The van der Waals surface area contributed by atoms with Crippen LogP contribution in [0.4, 0.5) is 0 Å². The lowest BCUT2D eigenvalue weighted by atomic mass is 9.99. The highest BCUT2D eigenvalue weighted by Crippen LogP contribution is 2.20. The average molecular weight is 248 g/mol. The third-order valence-electron chi connectivity index (χ3n) is 3.85. The molecule has 3 nitrogen and oxygen atoms in total. The first kappa shape index (κ1) is 13.5. The monoisotopic (exact) mass is 248 g/mol. The zero-order chi connectivity index (χ0) is 13.1. The molecule has 0 aliphatic carbocycles. The van der Waals surface area contributed by atoms with Gasteiger partial charge in [-0.05, 0) is 38.4 Å². The van der Waals surface area contributed by atoms with E-state index in [-0.39, 0.29) is 6.04 Å². The quantitative estimate of drug-likeness (QED) is 0.886. The van der Waals surface area contributed by atoms with Crippen LogP contribution in [0.2, 0.25) is 0 Å². The van der Waals surface area contributed by atoms with Crippen molar-refractivity contribution in [3.8, 4) is 0 Å². The Morgan fingerprint density at radius 1 is 1.44 bits per heavy atom. The van der Waals surface area contributed by atoms with Crippen LogP contribution < -0.4 is 5.73 Å². The third kappa shape index (κ3) is 3.10. The van der Waals surface area contributed by atoms with Crippen molar-refractivity contribution < 1.29 is 4.74 Å². The minimum atomic E-state index is 0.0792. The molecule has 0 spiro atoms. The highest BCUT2D eigenvalue weighted by Gasteiger charge is 2.22. The molecule has 1 aromatic rings. The van der Waals surface area contributed by atoms with E-state index in [1.807, 2.05) is 0 Å². The van der Waals surface area contributed by atoms with Crippen LogP contribution in [0.15, 0.2) is 18.2 Å². The average Bonchev–Trinajstić information content (AvgIpc) is 2.85. The van der Waals surface area contributed by atoms with E-state index in [9.17, 15) is 0 Å². The lowest BCUT2D eigenvalue weighted by Gasteiger charge is -2.27. The van der Waals surface area contributed by atoms with E-state index in [0.29, 0.717) is 6.04 Å². The molecule has 3 heteroatoms. The smallest absolute Gasteiger partial charge is 0.0622 e. The molecule has 1 aliphatic rings. The molecular weight excluding hydrogens is 224 g/mol. The predicted octanol–water partition coefficient (Wildman–Crippen LogP) is 2.02. The maximum Gasteiger partial charge on any atom is 0.0622 e. The Morgan fingerprint density at radius 3 is 2.89 bits per heavy atom. The molecule has 18 heavy (non-hydrogen) atoms. The summed E-state index contributed by atoms with van der Waals surface area (Å²) < 4.78 is 5.43. The van der Waals surface area contributed by atoms with E-state index < -0.39 is 0 Å². The lowest BCUT2D eigenvalue weighted by Crippen LogP contribution is -2.37. The van der Waals surface area contributed by atoms with Crippen LogP contribution >= 0.6 is 0 Å². The Hall–Kier alpha value is -0.900. The number of aryl methyl sites for hydroxylation is 2. The van der Waals surface area contributed by atoms with Crippen LogP contribution in [0.5, 0.6) is 0 Å². The van der Waals surface area contributed by atoms with Crippen molar-refractivity contribution in [1.82, 2.24) is 4.90 Å². The molecule has 2 atom stereocenters. The summed E-state index contributed by atoms with van der Waals surface area (Å²) in [7, 11) is 2.14. The molecule has 1 fully saturated rings. The first-order valence-corrected chi connectivity index (χ1v) is 6.68. The second-order valence-corrected chi connectivity index (χ2v) is 5.42. The normalized spacial score (nSPS) is 21.5. The Labute approximate surface area is 110 Å². The molecule has 2 rings (SSSR count). The minimum absolute atomic E-state index is 0.0792. The van der Waals surface area contributed by atoms with Gasteiger partial charge in [-0.2, -0.15) is 0 Å². The van der Waals surface area contributed by atoms with Gasteiger partial charge in [-0.25, -0.2) is 0 Å². The molecule has 2 N–H and O–H groups in total. The Kier molecular flexibility index (Phi) is 4.38. The maximum absolute atomic E-state index is 6.35. The maximum atomic E-state index is 6.35. The highest BCUT2D eigenvalue weighted by molar-refractivity contribution is 5.33. The molecule has 1 heterocycles. The van der Waals surface area contributed by atoms with Crippen LogP contribution in [0.1, 0.15) is 29.2 Å². The standard InChI is InChI=1S/C15H24N2O/c1-11-4-5-12(2)14(8-11)15(16)9-17(3)13-6-7-18-10-13/h4-5,8,13,15H,6-7,9-10,16H2,1-3H3. The first-order chi connectivity index (χ1) is 8.58. The summed E-state index contributed by atoms with van der Waals surface area (Å²) in [6.07, 6.45) is 1.12. The van der Waals surface area contributed by atoms with Crippen molar-refractivity contribution in [1.29, 1.82) is 0 Å². The first-order valence-electron chi connectivity index (χ1n) is 6.68. The van der Waals surface area contributed by atoms with Crippen molar-refractivity contribution in [2.45, 2.75) is 32.4 Å². The van der Waals surface area contributed by atoms with Gasteiger partial charge in [-0.3, -0.25) is 4.90 Å². The van der Waals surface area contributed by atoms with Crippen molar-refractivity contribution in [3.63, 3.8) is 0 Å². The zero-order valence-electron chi connectivity index (χ0n) is 11.6. The van der Waals surface area contributed by atoms with Crippen molar-refractivity contribution in [2.24, 2.45) is 5.73 Å². The van der Waals surface area contributed by atoms with Gasteiger partial charge < -0.3 is 10.5 Å². The lowest BCUT2D eigenvalue weighted by molar-refractivity contribution is 0.156. The van der Waals surface area contributed by atoms with E-state index in [4.69, 9.17) is 10.5 Å². The van der Waals surface area contributed by atoms with E-state index in [0.717, 1.165) is 26.2 Å². The van der Waals surface area contributed by atoms with E-state index in [2.05, 4.69) is 44.0 Å². The molecule has 100 valence electrons. The van der Waals surface area contributed by atoms with Gasteiger partial charge in [0, 0.05) is 25.2 Å². The third-order valence-corrected chi connectivity index (χ3v) is 3.85. The summed E-state index contributed by atoms with van der Waals surface area (Å²) in [4.78, 5) is 2.33. The largest absolute Gasteiger partial charge is 0.380 e. The molecule has 0 aromatic heterocycles. The molecular formula is C15H24N2O. The predicted molar refractivity (Wildman–Crippen MR) is 74.7 cm³/mol. The Balaban J connectivity index is 2.02. The van der Waals surface area contributed by atoms with Gasteiger partial charge >= 0.3 is 0 Å². The van der Waals surface area contributed by atoms with Gasteiger partial charge in [-0.1, -0.05) is 23.8 Å². The molecule has 2 unspecified atom stereocenters. The highest BCUT2D eigenvalue weighted by atomic mass is 16.5. The summed E-state index contributed by atoms with van der Waals surface area (Å²) in [6, 6.07) is 7.11. The van der Waals surface area contributed by atoms with Gasteiger partial charge in [0.1, 0.15) is 0 Å². The number of benzene rings is 1. The van der Waals surface area contributed by atoms with Gasteiger partial charge in [0.2, 0.25) is 0 Å². The fourth-order valence-corrected chi connectivity index (χ4v) is 2.59. The second-order valence-electron chi connectivity index (χ2n) is 5.42. The molecule has 0 saturated carbocycles.